The molecular formula is C11H6Cl2N4O2S. The Bertz CT molecular complexity index is 802. The van der Waals surface area contributed by atoms with Crippen molar-refractivity contribution in [3.05, 3.63) is 46.3 Å². The van der Waals surface area contributed by atoms with Crippen molar-refractivity contribution >= 4 is 39.0 Å². The Kier molecular flexibility index (Phi) is 4.09. The summed E-state index contributed by atoms with van der Waals surface area (Å²) in [6, 6.07) is 7.11. The minimum absolute atomic E-state index is 0.00310. The van der Waals surface area contributed by atoms with Crippen molar-refractivity contribution in [2.45, 2.75) is 4.90 Å². The zero-order valence-corrected chi connectivity index (χ0v) is 12.0. The van der Waals surface area contributed by atoms with Crippen LogP contribution in [0.4, 0.5) is 5.82 Å². The molecule has 2 rings (SSSR count). The minimum Gasteiger partial charge on any atom is -0.263 e. The molecule has 2 aromatic rings. The van der Waals surface area contributed by atoms with Crippen LogP contribution in [0.1, 0.15) is 5.56 Å². The van der Waals surface area contributed by atoms with E-state index in [1.807, 2.05) is 6.07 Å². The molecule has 1 aromatic heterocycles. The van der Waals surface area contributed by atoms with Gasteiger partial charge in [0.2, 0.25) is 5.28 Å². The van der Waals surface area contributed by atoms with Gasteiger partial charge in [0.15, 0.2) is 0 Å². The van der Waals surface area contributed by atoms with Crippen LogP contribution in [0.3, 0.4) is 0 Å². The summed E-state index contributed by atoms with van der Waals surface area (Å²) in [6.07, 6.45) is 1.31. The predicted molar refractivity (Wildman–Crippen MR) is 74.0 cm³/mol. The molecule has 0 amide bonds. The summed E-state index contributed by atoms with van der Waals surface area (Å²) < 4.78 is 26.6. The molecule has 0 spiro atoms. The third-order valence-electron chi connectivity index (χ3n) is 2.21. The summed E-state index contributed by atoms with van der Waals surface area (Å²) in [6.45, 7) is 0. The maximum atomic E-state index is 12.2. The lowest BCUT2D eigenvalue weighted by atomic mass is 10.2. The van der Waals surface area contributed by atoms with Gasteiger partial charge in [-0.25, -0.2) is 13.4 Å². The molecular weight excluding hydrogens is 323 g/mol. The molecule has 0 saturated heterocycles. The van der Waals surface area contributed by atoms with Gasteiger partial charge in [-0.2, -0.15) is 10.2 Å². The number of nitrogens with zero attached hydrogens (tertiary/aromatic N) is 3. The van der Waals surface area contributed by atoms with Gasteiger partial charge in [0, 0.05) is 6.20 Å². The van der Waals surface area contributed by atoms with E-state index in [0.717, 1.165) is 0 Å². The Hall–Kier alpha value is -1.88. The summed E-state index contributed by atoms with van der Waals surface area (Å²) in [5.74, 6) is 0.00317. The fourth-order valence-corrected chi connectivity index (χ4v) is 3.04. The Morgan fingerprint density at radius 2 is 2.00 bits per heavy atom. The van der Waals surface area contributed by atoms with Crippen LogP contribution in [0.2, 0.25) is 10.3 Å². The van der Waals surface area contributed by atoms with Crippen molar-refractivity contribution < 1.29 is 8.42 Å². The highest BCUT2D eigenvalue weighted by molar-refractivity contribution is 7.92. The third-order valence-corrected chi connectivity index (χ3v) is 4.23. The number of sulfonamides is 1. The number of nitriles is 1. The Labute approximate surface area is 125 Å². The predicted octanol–water partition coefficient (Wildman–Crippen LogP) is 2.46. The monoisotopic (exact) mass is 328 g/mol. The quantitative estimate of drug-likeness (QED) is 0.873. The topological polar surface area (TPSA) is 95.7 Å². The van der Waals surface area contributed by atoms with E-state index in [9.17, 15) is 8.42 Å². The lowest BCUT2D eigenvalue weighted by molar-refractivity contribution is 0.601. The lowest BCUT2D eigenvalue weighted by Crippen LogP contribution is -2.14. The van der Waals surface area contributed by atoms with Gasteiger partial charge in [-0.15, -0.1) is 0 Å². The number of hydrogen-bond acceptors (Lipinski definition) is 5. The molecule has 6 nitrogen and oxygen atoms in total. The molecule has 0 aliphatic heterocycles. The second-order valence-electron chi connectivity index (χ2n) is 3.57. The van der Waals surface area contributed by atoms with Crippen LogP contribution < -0.4 is 4.72 Å². The van der Waals surface area contributed by atoms with Gasteiger partial charge < -0.3 is 0 Å². The van der Waals surface area contributed by atoms with Crippen molar-refractivity contribution in [2.75, 3.05) is 4.72 Å². The van der Waals surface area contributed by atoms with Gasteiger partial charge in [0.1, 0.15) is 10.7 Å². The smallest absolute Gasteiger partial charge is 0.263 e. The number of anilines is 1. The van der Waals surface area contributed by atoms with E-state index in [4.69, 9.17) is 28.5 Å². The zero-order chi connectivity index (χ0) is 14.8. The normalized spacial score (nSPS) is 10.8. The highest BCUT2D eigenvalue weighted by Gasteiger charge is 2.19. The average molecular weight is 329 g/mol. The van der Waals surface area contributed by atoms with Crippen LogP contribution in [-0.2, 0) is 10.0 Å². The zero-order valence-electron chi connectivity index (χ0n) is 9.71. The van der Waals surface area contributed by atoms with E-state index < -0.39 is 10.0 Å². The van der Waals surface area contributed by atoms with Gasteiger partial charge in [-0.3, -0.25) is 4.72 Å². The maximum Gasteiger partial charge on any atom is 0.264 e. The van der Waals surface area contributed by atoms with Crippen molar-refractivity contribution in [3.63, 3.8) is 0 Å². The Morgan fingerprint density at radius 1 is 1.25 bits per heavy atom. The lowest BCUT2D eigenvalue weighted by Gasteiger charge is -2.08. The van der Waals surface area contributed by atoms with Gasteiger partial charge in [0.25, 0.3) is 10.0 Å². The number of rotatable bonds is 3. The second-order valence-corrected chi connectivity index (χ2v) is 5.97. The van der Waals surface area contributed by atoms with Gasteiger partial charge >= 0.3 is 0 Å². The number of halogens is 2. The third kappa shape index (κ3) is 3.17. The van der Waals surface area contributed by atoms with Crippen LogP contribution in [0.25, 0.3) is 0 Å². The molecule has 20 heavy (non-hydrogen) atoms. The average Bonchev–Trinajstić information content (AvgIpc) is 2.38. The Balaban J connectivity index is 2.43. The van der Waals surface area contributed by atoms with Crippen molar-refractivity contribution in [1.29, 1.82) is 5.26 Å². The summed E-state index contributed by atoms with van der Waals surface area (Å²) in [7, 11) is -3.98. The van der Waals surface area contributed by atoms with Gasteiger partial charge in [-0.05, 0) is 35.9 Å². The molecule has 0 atom stereocenters. The molecule has 9 heteroatoms. The standard InChI is InChI=1S/C11H6Cl2N4O2S/c12-8-2-1-7(6-14)5-9(8)20(18,19)17-10-3-4-15-11(13)16-10/h1-5H,(H,15,16,17). The fourth-order valence-electron chi connectivity index (χ4n) is 1.36. The molecule has 0 aliphatic rings. The van der Waals surface area contributed by atoms with Crippen LogP contribution in [-0.4, -0.2) is 18.4 Å². The van der Waals surface area contributed by atoms with Crippen molar-refractivity contribution in [2.24, 2.45) is 0 Å². The number of hydrogen-bond donors (Lipinski definition) is 1. The van der Waals surface area contributed by atoms with E-state index in [2.05, 4.69) is 14.7 Å². The van der Waals surface area contributed by atoms with E-state index in [1.54, 1.807) is 0 Å². The molecule has 0 saturated carbocycles. The number of nitrogens with one attached hydrogen (secondary N) is 1. The van der Waals surface area contributed by atoms with Crippen molar-refractivity contribution in [1.82, 2.24) is 9.97 Å². The molecule has 0 unspecified atom stereocenters. The molecule has 102 valence electrons. The highest BCUT2D eigenvalue weighted by atomic mass is 35.5. The van der Waals surface area contributed by atoms with Crippen LogP contribution >= 0.6 is 23.2 Å². The molecule has 1 N–H and O–H groups in total. The summed E-state index contributed by atoms with van der Waals surface area (Å²) in [5, 5.41) is 8.70. The highest BCUT2D eigenvalue weighted by Crippen LogP contribution is 2.24. The van der Waals surface area contributed by atoms with Crippen LogP contribution in [0.5, 0.6) is 0 Å². The van der Waals surface area contributed by atoms with E-state index >= 15 is 0 Å². The van der Waals surface area contributed by atoms with Crippen LogP contribution in [0.15, 0.2) is 35.4 Å². The first-order valence-corrected chi connectivity index (χ1v) is 7.37. The number of aromatic nitrogens is 2. The van der Waals surface area contributed by atoms with E-state index in [1.165, 1.54) is 30.5 Å². The summed E-state index contributed by atoms with van der Waals surface area (Å²) >= 11 is 11.4. The van der Waals surface area contributed by atoms with E-state index in [-0.39, 0.29) is 26.6 Å². The SMILES string of the molecule is N#Cc1ccc(Cl)c(S(=O)(=O)Nc2ccnc(Cl)n2)c1. The fraction of sp³-hybridized carbons (Fsp3) is 0. The van der Waals surface area contributed by atoms with Crippen molar-refractivity contribution in [3.8, 4) is 6.07 Å². The molecule has 0 aliphatic carbocycles. The first kappa shape index (κ1) is 14.5. The molecule has 0 radical (unpaired) electrons. The second kappa shape index (κ2) is 5.63. The first-order valence-electron chi connectivity index (χ1n) is 5.13. The summed E-state index contributed by atoms with van der Waals surface area (Å²) in [4.78, 5) is 7.14. The molecule has 1 heterocycles. The summed E-state index contributed by atoms with van der Waals surface area (Å²) in [5.41, 5.74) is 0.176. The largest absolute Gasteiger partial charge is 0.264 e. The number of benzene rings is 1. The van der Waals surface area contributed by atoms with Gasteiger partial charge in [0.05, 0.1) is 16.7 Å². The van der Waals surface area contributed by atoms with Gasteiger partial charge in [-0.1, -0.05) is 11.6 Å². The maximum absolute atomic E-state index is 12.2. The first-order chi connectivity index (χ1) is 9.42. The van der Waals surface area contributed by atoms with Crippen LogP contribution in [0, 0.1) is 11.3 Å². The van der Waals surface area contributed by atoms with E-state index in [0.29, 0.717) is 0 Å². The molecule has 0 fully saturated rings. The molecule has 1 aromatic carbocycles. The Morgan fingerprint density at radius 3 is 2.65 bits per heavy atom. The molecule has 0 bridgehead atoms. The minimum atomic E-state index is -3.98.